The molecule has 0 aliphatic carbocycles. The van der Waals surface area contributed by atoms with Gasteiger partial charge in [-0.2, -0.15) is 0 Å². The van der Waals surface area contributed by atoms with Gasteiger partial charge in [0.2, 0.25) is 0 Å². The number of nitrogens with one attached hydrogen (secondary N) is 2. The number of imide groups is 1. The Morgan fingerprint density at radius 3 is 2.69 bits per heavy atom. The molecule has 4 rings (SSSR count). The molecule has 0 spiro atoms. The fourth-order valence-electron chi connectivity index (χ4n) is 4.67. The molecule has 0 radical (unpaired) electrons. The molecule has 2 aromatic heterocycles. The van der Waals surface area contributed by atoms with Crippen molar-refractivity contribution in [1.29, 1.82) is 5.41 Å². The smallest absolute Gasteiger partial charge is 0.417 e. The highest BCUT2D eigenvalue weighted by Gasteiger charge is 2.39. The summed E-state index contributed by atoms with van der Waals surface area (Å²) in [6.45, 7) is 11.8. The zero-order chi connectivity index (χ0) is 28.5. The highest BCUT2D eigenvalue weighted by atomic mass is 19.1. The molecule has 208 valence electrons. The summed E-state index contributed by atoms with van der Waals surface area (Å²) < 4.78 is 26.9. The van der Waals surface area contributed by atoms with Crippen LogP contribution in [0.4, 0.5) is 14.9 Å². The van der Waals surface area contributed by atoms with Crippen molar-refractivity contribution in [2.75, 3.05) is 11.9 Å². The van der Waals surface area contributed by atoms with Crippen LogP contribution < -0.4 is 5.32 Å². The van der Waals surface area contributed by atoms with Crippen molar-refractivity contribution in [2.24, 2.45) is 5.92 Å². The number of hydrogen-bond acceptors (Lipinski definition) is 7. The van der Waals surface area contributed by atoms with Crippen LogP contribution in [0.25, 0.3) is 16.9 Å². The van der Waals surface area contributed by atoms with E-state index in [1.807, 2.05) is 32.9 Å². The summed E-state index contributed by atoms with van der Waals surface area (Å²) in [6, 6.07) is 6.20. The van der Waals surface area contributed by atoms with Gasteiger partial charge in [0.25, 0.3) is 5.91 Å². The first-order valence-electron chi connectivity index (χ1n) is 13.2. The summed E-state index contributed by atoms with van der Waals surface area (Å²) in [4.78, 5) is 32.2. The summed E-state index contributed by atoms with van der Waals surface area (Å²) in [6.07, 6.45) is 4.26. The van der Waals surface area contributed by atoms with Gasteiger partial charge in [0, 0.05) is 48.3 Å². The van der Waals surface area contributed by atoms with Crippen molar-refractivity contribution < 1.29 is 23.5 Å². The first-order valence-corrected chi connectivity index (χ1v) is 13.2. The fourth-order valence-corrected chi connectivity index (χ4v) is 4.67. The molecule has 0 saturated heterocycles. The summed E-state index contributed by atoms with van der Waals surface area (Å²) in [5.74, 6) is -0.935. The van der Waals surface area contributed by atoms with Crippen LogP contribution in [0.1, 0.15) is 63.9 Å². The molecule has 1 unspecified atom stereocenters. The second-order valence-corrected chi connectivity index (χ2v) is 10.9. The van der Waals surface area contributed by atoms with Crippen LogP contribution in [0.3, 0.4) is 0 Å². The minimum Gasteiger partial charge on any atom is -0.443 e. The highest BCUT2D eigenvalue weighted by molar-refractivity contribution is 6.11. The molecule has 3 atom stereocenters. The fraction of sp³-hybridized carbons (Fsp3) is 0.448. The van der Waals surface area contributed by atoms with Crippen LogP contribution >= 0.6 is 0 Å². The Kier molecular flexibility index (Phi) is 8.06. The molecule has 1 aliphatic heterocycles. The topological polar surface area (TPSA) is 109 Å². The van der Waals surface area contributed by atoms with Crippen molar-refractivity contribution >= 4 is 29.5 Å². The number of carbonyl (C=O) groups excluding carboxylic acids is 2. The number of pyridine rings is 1. The van der Waals surface area contributed by atoms with Crippen LogP contribution in [0, 0.1) is 17.1 Å². The minimum absolute atomic E-state index is 0.0228. The van der Waals surface area contributed by atoms with E-state index in [1.165, 1.54) is 18.3 Å². The number of rotatable bonds is 9. The molecule has 9 nitrogen and oxygen atoms in total. The molecule has 2 N–H and O–H groups in total. The maximum absolute atomic E-state index is 13.8. The van der Waals surface area contributed by atoms with Crippen LogP contribution in [0.5, 0.6) is 0 Å². The van der Waals surface area contributed by atoms with E-state index >= 15 is 0 Å². The number of nitrogens with zero attached hydrogens (tertiary/aromatic N) is 3. The Morgan fingerprint density at radius 2 is 2.03 bits per heavy atom. The van der Waals surface area contributed by atoms with Crippen LogP contribution in [0.2, 0.25) is 0 Å². The van der Waals surface area contributed by atoms with E-state index in [0.29, 0.717) is 40.3 Å². The van der Waals surface area contributed by atoms with E-state index in [9.17, 15) is 14.0 Å². The summed E-state index contributed by atoms with van der Waals surface area (Å²) >= 11 is 0. The van der Waals surface area contributed by atoms with Gasteiger partial charge in [-0.05, 0) is 51.8 Å². The minimum atomic E-state index is -0.772. The maximum atomic E-state index is 13.8. The van der Waals surface area contributed by atoms with Gasteiger partial charge in [-0.1, -0.05) is 19.9 Å². The predicted molar refractivity (Wildman–Crippen MR) is 148 cm³/mol. The van der Waals surface area contributed by atoms with Crippen molar-refractivity contribution in [1.82, 2.24) is 14.3 Å². The van der Waals surface area contributed by atoms with Gasteiger partial charge in [-0.15, -0.1) is 0 Å². The molecule has 1 aromatic carbocycles. The lowest BCUT2D eigenvalue weighted by Crippen LogP contribution is -2.37. The number of amides is 2. The number of hydrogen-bond donors (Lipinski definition) is 2. The van der Waals surface area contributed by atoms with Crippen molar-refractivity contribution in [3.63, 3.8) is 0 Å². The molecule has 39 heavy (non-hydrogen) atoms. The monoisotopic (exact) mass is 537 g/mol. The Labute approximate surface area is 227 Å². The molecular weight excluding hydrogens is 501 g/mol. The number of fused-ring (bicyclic) bond motifs is 2. The van der Waals surface area contributed by atoms with Gasteiger partial charge in [0.15, 0.2) is 0 Å². The van der Waals surface area contributed by atoms with Gasteiger partial charge < -0.3 is 20.2 Å². The number of imidazole rings is 1. The number of ether oxygens (including phenoxy) is 2. The third-order valence-corrected chi connectivity index (χ3v) is 6.82. The Hall–Kier alpha value is -3.79. The van der Waals surface area contributed by atoms with E-state index in [1.54, 1.807) is 37.6 Å². The lowest BCUT2D eigenvalue weighted by atomic mass is 9.95. The Morgan fingerprint density at radius 1 is 1.28 bits per heavy atom. The standard InChI is InChI=1S/C29H36FN5O4/c1-7-12-38-24(14-31)17(2)18(3)33-22-9-8-20(23-15-32-25-13-19(30)10-11-34(23)25)21-16-35(27(36)26(21)22)28(37)39-29(4,5)6/h8-11,13-15,17-18,24,31,33H,7,12,16H2,1-6H3/t17-,18-,24?/m1/s1. The Balaban J connectivity index is 1.75. The summed E-state index contributed by atoms with van der Waals surface area (Å²) in [7, 11) is 0. The molecule has 0 bridgehead atoms. The quantitative estimate of drug-likeness (QED) is 0.328. The van der Waals surface area contributed by atoms with Gasteiger partial charge in [0.05, 0.1) is 30.1 Å². The molecular formula is C29H36FN5O4. The number of halogens is 1. The van der Waals surface area contributed by atoms with Gasteiger partial charge in [-0.25, -0.2) is 19.1 Å². The van der Waals surface area contributed by atoms with Crippen LogP contribution in [-0.2, 0) is 16.0 Å². The molecule has 1 aliphatic rings. The van der Waals surface area contributed by atoms with E-state index in [0.717, 1.165) is 11.3 Å². The van der Waals surface area contributed by atoms with Crippen molar-refractivity contribution in [3.05, 3.63) is 53.6 Å². The normalized spacial score (nSPS) is 15.7. The van der Waals surface area contributed by atoms with Gasteiger partial charge >= 0.3 is 6.09 Å². The summed E-state index contributed by atoms with van der Waals surface area (Å²) in [5, 5.41) is 11.2. The van der Waals surface area contributed by atoms with E-state index in [-0.39, 0.29) is 24.6 Å². The average molecular weight is 538 g/mol. The van der Waals surface area contributed by atoms with E-state index in [4.69, 9.17) is 14.9 Å². The number of benzene rings is 1. The van der Waals surface area contributed by atoms with Crippen molar-refractivity contribution in [2.45, 2.75) is 72.3 Å². The third-order valence-electron chi connectivity index (χ3n) is 6.82. The average Bonchev–Trinajstić information content (AvgIpc) is 3.44. The largest absolute Gasteiger partial charge is 0.443 e. The molecule has 10 heteroatoms. The van der Waals surface area contributed by atoms with Crippen molar-refractivity contribution in [3.8, 4) is 11.3 Å². The summed E-state index contributed by atoms with van der Waals surface area (Å²) in [5.41, 5.74) is 2.63. The highest BCUT2D eigenvalue weighted by Crippen LogP contribution is 2.38. The number of aromatic nitrogens is 2. The molecule has 3 heterocycles. The zero-order valence-corrected chi connectivity index (χ0v) is 23.2. The van der Waals surface area contributed by atoms with E-state index in [2.05, 4.69) is 10.3 Å². The first-order chi connectivity index (χ1) is 18.4. The molecule has 3 aromatic rings. The molecule has 0 fully saturated rings. The molecule has 0 saturated carbocycles. The van der Waals surface area contributed by atoms with Gasteiger partial charge in [0.1, 0.15) is 17.1 Å². The SMILES string of the molecule is CCCOC(C=N)[C@H](C)[C@@H](C)Nc1ccc(-c2cnc3cc(F)ccn23)c2c1C(=O)N(C(=O)OC(C)(C)C)C2. The second-order valence-electron chi connectivity index (χ2n) is 10.9. The lowest BCUT2D eigenvalue weighted by molar-refractivity contribution is 0.0248. The number of carbonyl (C=O) groups is 2. The first kappa shape index (κ1) is 28.2. The Bertz CT molecular complexity index is 1400. The van der Waals surface area contributed by atoms with Gasteiger partial charge in [-0.3, -0.25) is 9.20 Å². The second kappa shape index (κ2) is 11.1. The number of anilines is 1. The zero-order valence-electron chi connectivity index (χ0n) is 23.2. The van der Waals surface area contributed by atoms with Crippen LogP contribution in [-0.4, -0.2) is 56.9 Å². The third kappa shape index (κ3) is 5.80. The molecule has 2 amide bonds. The van der Waals surface area contributed by atoms with Crippen LogP contribution in [0.15, 0.2) is 36.7 Å². The van der Waals surface area contributed by atoms with E-state index < -0.39 is 23.4 Å². The maximum Gasteiger partial charge on any atom is 0.417 e. The predicted octanol–water partition coefficient (Wildman–Crippen LogP) is 5.91. The lowest BCUT2D eigenvalue weighted by Gasteiger charge is -2.28.